The summed E-state index contributed by atoms with van der Waals surface area (Å²) in [6.45, 7) is 30.5. The summed E-state index contributed by atoms with van der Waals surface area (Å²) in [7, 11) is 7.83. The number of rotatable bonds is 36. The fourth-order valence-electron chi connectivity index (χ4n) is 5.85. The molecule has 1 aliphatic carbocycles. The second-order valence-corrected chi connectivity index (χ2v) is 55.1. The zero-order valence-corrected chi connectivity index (χ0v) is 51.5. The van der Waals surface area contributed by atoms with E-state index in [4.69, 9.17) is 39.8 Å². The number of hydrogen-bond acceptors (Lipinski definition) is 18. The average molecular weight is 1130 g/mol. The monoisotopic (exact) mass is 1130 g/mol. The van der Waals surface area contributed by atoms with Crippen LogP contribution in [-0.4, -0.2) is 110 Å². The largest absolute Gasteiger partial charge is 0.808 e. The molecule has 0 saturated heterocycles. The molecular formula is C36H81O9S12Si3+3. The van der Waals surface area contributed by atoms with E-state index in [0.29, 0.717) is 64.7 Å². The van der Waals surface area contributed by atoms with Gasteiger partial charge in [0.2, 0.25) is 0 Å². The summed E-state index contributed by atoms with van der Waals surface area (Å²) in [5.74, 6) is 2.88. The van der Waals surface area contributed by atoms with E-state index in [-0.39, 0.29) is 29.3 Å². The first-order valence-corrected chi connectivity index (χ1v) is 45.7. The fourth-order valence-corrected chi connectivity index (χ4v) is 72.3. The van der Waals surface area contributed by atoms with Gasteiger partial charge in [-0.3, -0.25) is 0 Å². The molecule has 360 valence electrons. The highest BCUT2D eigenvalue weighted by Gasteiger charge is 2.70. The lowest BCUT2D eigenvalue weighted by atomic mass is 10.00. The molecule has 0 radical (unpaired) electrons. The average Bonchev–Trinajstić information content (AvgIpc) is 3.22. The zero-order chi connectivity index (χ0) is 44.6. The lowest BCUT2D eigenvalue weighted by molar-refractivity contribution is 0.0958. The molecule has 0 aromatic heterocycles. The molecule has 4 atom stereocenters. The molecule has 1 fully saturated rings. The first-order chi connectivity index (χ1) is 29.1. The van der Waals surface area contributed by atoms with Crippen molar-refractivity contribution in [2.24, 2.45) is 0 Å². The third-order valence-electron chi connectivity index (χ3n) is 8.10. The van der Waals surface area contributed by atoms with Crippen molar-refractivity contribution >= 4 is 143 Å². The van der Waals surface area contributed by atoms with Crippen LogP contribution in [0.5, 0.6) is 0 Å². The summed E-state index contributed by atoms with van der Waals surface area (Å²) in [5.41, 5.74) is 0. The van der Waals surface area contributed by atoms with Crippen molar-refractivity contribution in [1.82, 2.24) is 0 Å². The van der Waals surface area contributed by atoms with Crippen molar-refractivity contribution in [3.05, 3.63) is 0 Å². The van der Waals surface area contributed by atoms with Gasteiger partial charge in [-0.15, -0.1) is 0 Å². The van der Waals surface area contributed by atoms with Crippen LogP contribution < -0.4 is 0 Å². The van der Waals surface area contributed by atoms with Gasteiger partial charge in [-0.25, -0.2) is 0 Å². The summed E-state index contributed by atoms with van der Waals surface area (Å²) in [5, 5.41) is 0.305. The van der Waals surface area contributed by atoms with E-state index in [0.717, 1.165) is 30.1 Å². The fraction of sp³-hybridized carbons (Fsp3) is 1.00. The Balaban J connectivity index is 4.12. The molecule has 0 N–H and O–H groups in total. The Morgan fingerprint density at radius 2 is 0.683 bits per heavy atom. The van der Waals surface area contributed by atoms with Crippen LogP contribution in [0.2, 0.25) is 0 Å². The van der Waals surface area contributed by atoms with E-state index in [1.807, 2.05) is 61.9 Å². The third-order valence-corrected chi connectivity index (χ3v) is 68.1. The molecule has 1 saturated carbocycles. The molecule has 0 spiro atoms. The van der Waals surface area contributed by atoms with Crippen molar-refractivity contribution in [3.63, 3.8) is 0 Å². The first-order valence-electron chi connectivity index (χ1n) is 22.1. The molecule has 9 nitrogen and oxygen atoms in total. The summed E-state index contributed by atoms with van der Waals surface area (Å²) in [4.78, 5) is 0. The van der Waals surface area contributed by atoms with E-state index in [1.54, 1.807) is 0 Å². The van der Waals surface area contributed by atoms with E-state index >= 15 is 0 Å². The lowest BCUT2D eigenvalue weighted by Gasteiger charge is -2.37. The summed E-state index contributed by atoms with van der Waals surface area (Å²) in [6.07, 6.45) is 12.3. The molecule has 0 heterocycles. The topological polar surface area (TPSA) is 83.1 Å². The highest BCUT2D eigenvalue weighted by molar-refractivity contribution is 9.32. The SMILES string of the molecule is CCO[Si](OCC)(OCC)[S+](SCC)SSC1CCCCCCCCCCC1(SS[S+](SCC)[Si](OCC)(OCC)OCC)SS[S+](SCC)[Si](OCC)(OCC)OCC. The Bertz CT molecular complexity index is 943. The van der Waals surface area contributed by atoms with E-state index in [9.17, 15) is 0 Å². The smallest absolute Gasteiger partial charge is 0.331 e. The Morgan fingerprint density at radius 1 is 0.400 bits per heavy atom. The van der Waals surface area contributed by atoms with Crippen LogP contribution in [0.15, 0.2) is 0 Å². The van der Waals surface area contributed by atoms with Gasteiger partial charge in [0.25, 0.3) is 0 Å². The molecule has 0 aromatic carbocycles. The maximum absolute atomic E-state index is 6.65. The van der Waals surface area contributed by atoms with Gasteiger partial charge in [0, 0.05) is 82.0 Å². The van der Waals surface area contributed by atoms with Crippen LogP contribution in [0.25, 0.3) is 0 Å². The van der Waals surface area contributed by atoms with Crippen molar-refractivity contribution in [1.29, 1.82) is 0 Å². The predicted molar refractivity (Wildman–Crippen MR) is 297 cm³/mol. The minimum atomic E-state index is -3.06. The molecule has 0 aromatic rings. The van der Waals surface area contributed by atoms with Crippen molar-refractivity contribution in [2.75, 3.05) is 76.7 Å². The molecule has 1 aliphatic rings. The van der Waals surface area contributed by atoms with Gasteiger partial charge in [-0.05, 0) is 108 Å². The van der Waals surface area contributed by atoms with Gasteiger partial charge < -0.3 is 39.8 Å². The Labute approximate surface area is 412 Å². The van der Waals surface area contributed by atoms with Crippen LogP contribution in [0, 0.1) is 0 Å². The van der Waals surface area contributed by atoms with Crippen LogP contribution in [0.4, 0.5) is 0 Å². The maximum atomic E-state index is 6.65. The molecule has 24 heteroatoms. The van der Waals surface area contributed by atoms with Crippen molar-refractivity contribution in [2.45, 2.75) is 157 Å². The van der Waals surface area contributed by atoms with Gasteiger partial charge >= 0.3 is 23.9 Å². The quantitative estimate of drug-likeness (QED) is 0.0258. The summed E-state index contributed by atoms with van der Waals surface area (Å²) >= 11 is 0. The maximum Gasteiger partial charge on any atom is 0.808 e. The Hall–Kier alpha value is 4.49. The van der Waals surface area contributed by atoms with Gasteiger partial charge in [-0.2, -0.15) is 0 Å². The molecule has 60 heavy (non-hydrogen) atoms. The van der Waals surface area contributed by atoms with Crippen LogP contribution in [-0.2, 0) is 65.1 Å². The van der Waals surface area contributed by atoms with Crippen molar-refractivity contribution < 1.29 is 39.8 Å². The Kier molecular flexibility index (Phi) is 39.9. The normalized spacial score (nSPS) is 20.7. The minimum absolute atomic E-state index is 0.195. The standard InChI is InChI=1S/C36H81O9S12Si3/c1-13-37-58(38-14-2,39-15-3)55(46-22-10)52-49-35-33-31-29-27-25-26-28-30-32-34-36(35,50-53-56(47-23-11)59(40-16-4,41-17-5)42-18-6)51-54-57(48-24-12)60(43-19-7,44-20-8)45-21-9/h35H,13-34H2,1-12H3/q+3. The molecule has 0 bridgehead atoms. The molecule has 0 amide bonds. The van der Waals surface area contributed by atoms with Gasteiger partial charge in [0.05, 0.1) is 32.4 Å². The number of hydrogen-bond donors (Lipinski definition) is 0. The molecule has 0 aliphatic heterocycles. The minimum Gasteiger partial charge on any atom is -0.331 e. The van der Waals surface area contributed by atoms with Gasteiger partial charge in [-0.1, -0.05) is 72.1 Å². The zero-order valence-electron chi connectivity index (χ0n) is 38.7. The first kappa shape index (κ1) is 62.5. The van der Waals surface area contributed by atoms with Gasteiger partial charge in [0.1, 0.15) is 4.08 Å². The van der Waals surface area contributed by atoms with E-state index in [1.165, 1.54) is 51.4 Å². The highest BCUT2D eigenvalue weighted by Crippen LogP contribution is 2.66. The Morgan fingerprint density at radius 3 is 0.983 bits per heavy atom. The summed E-state index contributed by atoms with van der Waals surface area (Å²) in [6, 6.07) is 0. The van der Waals surface area contributed by atoms with E-state index in [2.05, 4.69) is 115 Å². The third kappa shape index (κ3) is 21.6. The molecule has 1 rings (SSSR count). The summed E-state index contributed by atoms with van der Waals surface area (Å²) < 4.78 is 59.5. The predicted octanol–water partition coefficient (Wildman–Crippen LogP) is 14.3. The molecular weight excluding hydrogens is 1050 g/mol. The van der Waals surface area contributed by atoms with Gasteiger partial charge in [0.15, 0.2) is 54.7 Å². The lowest BCUT2D eigenvalue weighted by Crippen LogP contribution is -2.51. The van der Waals surface area contributed by atoms with Crippen LogP contribution in [0.1, 0.15) is 147 Å². The van der Waals surface area contributed by atoms with Crippen molar-refractivity contribution in [3.8, 4) is 0 Å². The second kappa shape index (κ2) is 38.3. The second-order valence-electron chi connectivity index (χ2n) is 12.5. The van der Waals surface area contributed by atoms with E-state index < -0.39 is 23.9 Å². The van der Waals surface area contributed by atoms with Crippen LogP contribution in [0.3, 0.4) is 0 Å². The highest BCUT2D eigenvalue weighted by atomic mass is 33.8. The van der Waals surface area contributed by atoms with Crippen LogP contribution >= 0.6 is 94.2 Å². The molecule has 4 unspecified atom stereocenters.